The molecule has 3 N–H and O–H groups in total. The first kappa shape index (κ1) is 18.9. The first-order chi connectivity index (χ1) is 12.9. The molecule has 1 heterocycles. The molecular formula is C17H12BrClN4O4. The first-order valence-corrected chi connectivity index (χ1v) is 8.72. The number of nitrogens with zero attached hydrogens (tertiary/aromatic N) is 2. The zero-order chi connectivity index (χ0) is 19.6. The van der Waals surface area contributed by atoms with Crippen LogP contribution >= 0.6 is 27.5 Å². The number of H-pyrrole nitrogens is 1. The van der Waals surface area contributed by atoms with Gasteiger partial charge in [0.05, 0.1) is 21.6 Å². The maximum atomic E-state index is 12.5. The summed E-state index contributed by atoms with van der Waals surface area (Å²) in [6.45, 7) is -0.364. The van der Waals surface area contributed by atoms with Crippen LogP contribution in [0.2, 0.25) is 5.02 Å². The van der Waals surface area contributed by atoms with Gasteiger partial charge in [0.2, 0.25) is 0 Å². The van der Waals surface area contributed by atoms with Gasteiger partial charge in [0.25, 0.3) is 11.5 Å². The molecule has 3 aromatic rings. The van der Waals surface area contributed by atoms with E-state index in [4.69, 9.17) is 22.1 Å². The normalized spacial score (nSPS) is 11.2. The number of carbonyl (C=O) groups is 1. The lowest BCUT2D eigenvalue weighted by atomic mass is 10.2. The number of fused-ring (bicyclic) bond motifs is 1. The molecule has 0 saturated carbocycles. The van der Waals surface area contributed by atoms with Crippen molar-refractivity contribution in [3.8, 4) is 5.75 Å². The highest BCUT2D eigenvalue weighted by Crippen LogP contribution is 2.31. The fourth-order valence-electron chi connectivity index (χ4n) is 2.35. The molecule has 0 spiro atoms. The Bertz CT molecular complexity index is 1190. The van der Waals surface area contributed by atoms with Crippen LogP contribution in [0.25, 0.3) is 10.9 Å². The van der Waals surface area contributed by atoms with Gasteiger partial charge in [0.15, 0.2) is 6.61 Å². The van der Waals surface area contributed by atoms with E-state index in [2.05, 4.69) is 26.0 Å². The molecule has 8 nitrogen and oxygen atoms in total. The van der Waals surface area contributed by atoms with Gasteiger partial charge in [-0.2, -0.15) is 5.10 Å². The van der Waals surface area contributed by atoms with E-state index >= 15 is 0 Å². The number of hydrogen-bond donors (Lipinski definition) is 2. The van der Waals surface area contributed by atoms with Crippen LogP contribution in [0.1, 0.15) is 5.56 Å². The Kier molecular flexibility index (Phi) is 5.43. The van der Waals surface area contributed by atoms with Crippen LogP contribution in [-0.2, 0) is 4.79 Å². The minimum Gasteiger partial charge on any atom is -0.482 e. The summed E-state index contributed by atoms with van der Waals surface area (Å²) in [5.41, 5.74) is 4.58. The molecule has 138 valence electrons. The standard InChI is InChI=1S/C17H12BrClN4O4/c18-12-6-10(19)5-9(15(12)27-8-14(20)24)7-21-23-16(25)11-3-1-2-4-13(11)22-17(23)26/h1-7H,8H2,(H2,20,24)(H,22,26). The van der Waals surface area contributed by atoms with E-state index < -0.39 is 17.2 Å². The SMILES string of the molecule is NC(=O)COc1c(Br)cc(Cl)cc1C=Nn1c(=O)[nH]c2ccccc2c1=O. The predicted molar refractivity (Wildman–Crippen MR) is 106 cm³/mol. The number of amides is 1. The van der Waals surface area contributed by atoms with Crippen molar-refractivity contribution in [3.63, 3.8) is 0 Å². The zero-order valence-electron chi connectivity index (χ0n) is 13.6. The molecular weight excluding hydrogens is 440 g/mol. The second-order valence-corrected chi connectivity index (χ2v) is 6.69. The Morgan fingerprint density at radius 3 is 2.81 bits per heavy atom. The van der Waals surface area contributed by atoms with Gasteiger partial charge >= 0.3 is 5.69 Å². The molecule has 0 bridgehead atoms. The quantitative estimate of drug-likeness (QED) is 0.575. The minimum atomic E-state index is -0.698. The number of carbonyl (C=O) groups excluding carboxylic acids is 1. The zero-order valence-corrected chi connectivity index (χ0v) is 16.0. The number of nitrogens with one attached hydrogen (secondary N) is 1. The molecule has 0 fully saturated rings. The van der Waals surface area contributed by atoms with E-state index in [1.807, 2.05) is 0 Å². The number of primary amides is 1. The number of halogens is 2. The minimum absolute atomic E-state index is 0.243. The summed E-state index contributed by atoms with van der Waals surface area (Å²) >= 11 is 9.31. The molecule has 3 rings (SSSR count). The van der Waals surface area contributed by atoms with E-state index in [1.54, 1.807) is 30.3 Å². The van der Waals surface area contributed by atoms with E-state index in [-0.39, 0.29) is 12.4 Å². The van der Waals surface area contributed by atoms with Crippen LogP contribution in [0.4, 0.5) is 0 Å². The smallest absolute Gasteiger partial charge is 0.349 e. The molecule has 0 radical (unpaired) electrons. The van der Waals surface area contributed by atoms with Crippen LogP contribution in [0, 0.1) is 0 Å². The van der Waals surface area contributed by atoms with Gasteiger partial charge in [-0.25, -0.2) is 4.79 Å². The van der Waals surface area contributed by atoms with Gasteiger partial charge < -0.3 is 15.5 Å². The third-order valence-corrected chi connectivity index (χ3v) is 4.30. The lowest BCUT2D eigenvalue weighted by Gasteiger charge is -2.10. The summed E-state index contributed by atoms with van der Waals surface area (Å²) in [7, 11) is 0. The van der Waals surface area contributed by atoms with Crippen LogP contribution in [0.15, 0.2) is 55.6 Å². The lowest BCUT2D eigenvalue weighted by Crippen LogP contribution is -2.32. The van der Waals surface area contributed by atoms with Crippen molar-refractivity contribution in [1.29, 1.82) is 0 Å². The van der Waals surface area contributed by atoms with Gasteiger partial charge in [-0.1, -0.05) is 23.7 Å². The van der Waals surface area contributed by atoms with Gasteiger partial charge in [0, 0.05) is 10.6 Å². The third kappa shape index (κ3) is 4.09. The van der Waals surface area contributed by atoms with Gasteiger partial charge in [-0.15, -0.1) is 4.68 Å². The number of aromatic amines is 1. The summed E-state index contributed by atoms with van der Waals surface area (Å²) in [5, 5.41) is 4.62. The summed E-state index contributed by atoms with van der Waals surface area (Å²) < 4.78 is 6.50. The summed E-state index contributed by atoms with van der Waals surface area (Å²) in [4.78, 5) is 38.2. The van der Waals surface area contributed by atoms with Crippen molar-refractivity contribution in [3.05, 3.63) is 72.3 Å². The van der Waals surface area contributed by atoms with Crippen molar-refractivity contribution in [2.45, 2.75) is 0 Å². The number of rotatable bonds is 5. The Morgan fingerprint density at radius 1 is 1.33 bits per heavy atom. The molecule has 2 aromatic carbocycles. The van der Waals surface area contributed by atoms with E-state index in [0.29, 0.717) is 30.6 Å². The highest BCUT2D eigenvalue weighted by molar-refractivity contribution is 9.10. The van der Waals surface area contributed by atoms with Crippen molar-refractivity contribution in [2.24, 2.45) is 10.8 Å². The second kappa shape index (κ2) is 7.77. The maximum absolute atomic E-state index is 12.5. The topological polar surface area (TPSA) is 120 Å². The molecule has 10 heteroatoms. The molecule has 0 saturated heterocycles. The maximum Gasteiger partial charge on any atom is 0.349 e. The van der Waals surface area contributed by atoms with Gasteiger partial charge in [-0.05, 0) is 40.2 Å². The summed E-state index contributed by atoms with van der Waals surface area (Å²) in [6.07, 6.45) is 1.23. The van der Waals surface area contributed by atoms with Crippen LogP contribution in [0.5, 0.6) is 5.75 Å². The predicted octanol–water partition coefficient (Wildman–Crippen LogP) is 1.85. The molecule has 1 amide bonds. The van der Waals surface area contributed by atoms with Crippen molar-refractivity contribution >= 4 is 50.6 Å². The fraction of sp³-hybridized carbons (Fsp3) is 0.0588. The van der Waals surface area contributed by atoms with E-state index in [1.165, 1.54) is 12.3 Å². The van der Waals surface area contributed by atoms with Crippen LogP contribution < -0.4 is 21.7 Å². The molecule has 0 aliphatic heterocycles. The average molecular weight is 452 g/mol. The van der Waals surface area contributed by atoms with E-state index in [0.717, 1.165) is 0 Å². The number of ether oxygens (including phenoxy) is 1. The highest BCUT2D eigenvalue weighted by atomic mass is 79.9. The number of benzene rings is 2. The second-order valence-electron chi connectivity index (χ2n) is 5.40. The number of nitrogens with two attached hydrogens (primary N) is 1. The number of para-hydroxylation sites is 1. The van der Waals surface area contributed by atoms with Crippen molar-refractivity contribution < 1.29 is 9.53 Å². The third-order valence-electron chi connectivity index (χ3n) is 3.49. The van der Waals surface area contributed by atoms with Crippen molar-refractivity contribution in [2.75, 3.05) is 6.61 Å². The van der Waals surface area contributed by atoms with Gasteiger partial charge in [-0.3, -0.25) is 9.59 Å². The fourth-order valence-corrected chi connectivity index (χ4v) is 3.30. The Balaban J connectivity index is 2.09. The molecule has 0 unspecified atom stereocenters. The summed E-state index contributed by atoms with van der Waals surface area (Å²) in [6, 6.07) is 9.65. The lowest BCUT2D eigenvalue weighted by molar-refractivity contribution is -0.119. The molecule has 1 aromatic heterocycles. The average Bonchev–Trinajstić information content (AvgIpc) is 2.60. The monoisotopic (exact) mass is 450 g/mol. The molecule has 27 heavy (non-hydrogen) atoms. The Hall–Kier alpha value is -2.91. The first-order valence-electron chi connectivity index (χ1n) is 7.55. The van der Waals surface area contributed by atoms with Crippen molar-refractivity contribution in [1.82, 2.24) is 9.66 Å². The molecule has 0 atom stereocenters. The van der Waals surface area contributed by atoms with Crippen LogP contribution in [-0.4, -0.2) is 28.4 Å². The summed E-state index contributed by atoms with van der Waals surface area (Å²) in [5.74, 6) is -0.422. The van der Waals surface area contributed by atoms with Crippen LogP contribution in [0.3, 0.4) is 0 Å². The van der Waals surface area contributed by atoms with E-state index in [9.17, 15) is 14.4 Å². The highest BCUT2D eigenvalue weighted by Gasteiger charge is 2.11. The molecule has 0 aliphatic carbocycles. The Labute approximate surface area is 165 Å². The molecule has 0 aliphatic rings. The number of hydrogen-bond acceptors (Lipinski definition) is 5. The van der Waals surface area contributed by atoms with Gasteiger partial charge in [0.1, 0.15) is 5.75 Å². The largest absolute Gasteiger partial charge is 0.482 e. The Morgan fingerprint density at radius 2 is 2.07 bits per heavy atom. The number of aromatic nitrogens is 2.